The third-order valence-corrected chi connectivity index (χ3v) is 4.04. The average Bonchev–Trinajstić information content (AvgIpc) is 2.84. The van der Waals surface area contributed by atoms with Crippen LogP contribution in [-0.2, 0) is 0 Å². The molecule has 1 aromatic heterocycles. The fourth-order valence-electron chi connectivity index (χ4n) is 2.20. The van der Waals surface area contributed by atoms with E-state index in [0.29, 0.717) is 21.4 Å². The molecule has 5 heteroatoms. The van der Waals surface area contributed by atoms with Gasteiger partial charge in [0.1, 0.15) is 5.69 Å². The van der Waals surface area contributed by atoms with Gasteiger partial charge in [-0.3, -0.25) is 0 Å². The summed E-state index contributed by atoms with van der Waals surface area (Å²) in [5, 5.41) is 5.57. The van der Waals surface area contributed by atoms with Crippen LogP contribution in [0.5, 0.6) is 0 Å². The van der Waals surface area contributed by atoms with Gasteiger partial charge < -0.3 is 5.73 Å². The Bertz CT molecular complexity index is 809. The predicted molar refractivity (Wildman–Crippen MR) is 88.2 cm³/mol. The second-order valence-corrected chi connectivity index (χ2v) is 5.61. The smallest absolute Gasteiger partial charge is 0.116 e. The number of rotatable bonds is 2. The molecule has 106 valence electrons. The fourth-order valence-corrected chi connectivity index (χ4v) is 2.50. The molecular formula is C16H13Cl2N3. The second-order valence-electron chi connectivity index (χ2n) is 4.79. The number of aryl methyl sites for hydroxylation is 1. The topological polar surface area (TPSA) is 43.8 Å². The Morgan fingerprint density at radius 3 is 2.52 bits per heavy atom. The van der Waals surface area contributed by atoms with E-state index in [0.717, 1.165) is 16.8 Å². The first kappa shape index (κ1) is 14.0. The molecule has 0 amide bonds. The van der Waals surface area contributed by atoms with E-state index in [1.165, 1.54) is 0 Å². The lowest BCUT2D eigenvalue weighted by Gasteiger charge is -2.04. The van der Waals surface area contributed by atoms with Gasteiger partial charge in [0.25, 0.3) is 0 Å². The van der Waals surface area contributed by atoms with Crippen molar-refractivity contribution in [1.82, 2.24) is 9.78 Å². The number of hydrogen-bond acceptors (Lipinski definition) is 2. The third-order valence-electron chi connectivity index (χ3n) is 3.30. The molecule has 0 aliphatic rings. The maximum absolute atomic E-state index is 6.09. The van der Waals surface area contributed by atoms with Crippen LogP contribution in [0.2, 0.25) is 10.0 Å². The highest BCUT2D eigenvalue weighted by atomic mass is 35.5. The molecule has 3 aromatic rings. The van der Waals surface area contributed by atoms with Crippen LogP contribution in [0.25, 0.3) is 16.9 Å². The quantitative estimate of drug-likeness (QED) is 0.742. The van der Waals surface area contributed by atoms with Crippen molar-refractivity contribution in [3.8, 4) is 16.9 Å². The maximum Gasteiger partial charge on any atom is 0.116 e. The fraction of sp³-hybridized carbons (Fsp3) is 0.0625. The minimum absolute atomic E-state index is 0.485. The van der Waals surface area contributed by atoms with Gasteiger partial charge in [0.2, 0.25) is 0 Å². The van der Waals surface area contributed by atoms with Crippen molar-refractivity contribution < 1.29 is 0 Å². The Morgan fingerprint density at radius 1 is 1.05 bits per heavy atom. The highest BCUT2D eigenvalue weighted by Gasteiger charge is 2.12. The van der Waals surface area contributed by atoms with Crippen LogP contribution in [0.15, 0.2) is 48.7 Å². The molecule has 0 radical (unpaired) electrons. The monoisotopic (exact) mass is 317 g/mol. The third kappa shape index (κ3) is 2.62. The molecule has 0 atom stereocenters. The summed E-state index contributed by atoms with van der Waals surface area (Å²) >= 11 is 12.0. The van der Waals surface area contributed by atoms with Gasteiger partial charge in [-0.25, -0.2) is 4.68 Å². The Kier molecular flexibility index (Phi) is 3.62. The molecule has 21 heavy (non-hydrogen) atoms. The van der Waals surface area contributed by atoms with E-state index >= 15 is 0 Å². The minimum atomic E-state index is 0.485. The molecule has 3 rings (SSSR count). The molecule has 3 nitrogen and oxygen atoms in total. The molecule has 2 aromatic carbocycles. The van der Waals surface area contributed by atoms with Crippen LogP contribution in [0, 0.1) is 6.92 Å². The van der Waals surface area contributed by atoms with Crippen molar-refractivity contribution in [2.75, 3.05) is 5.73 Å². The van der Waals surface area contributed by atoms with Gasteiger partial charge in [-0.15, -0.1) is 0 Å². The zero-order valence-electron chi connectivity index (χ0n) is 11.3. The Balaban J connectivity index is 2.10. The van der Waals surface area contributed by atoms with Crippen molar-refractivity contribution in [1.29, 1.82) is 0 Å². The molecule has 0 unspecified atom stereocenters. The number of nitrogens with zero attached hydrogens (tertiary/aromatic N) is 2. The van der Waals surface area contributed by atoms with Crippen LogP contribution in [0.3, 0.4) is 0 Å². The zero-order chi connectivity index (χ0) is 15.0. The van der Waals surface area contributed by atoms with E-state index in [2.05, 4.69) is 5.10 Å². The molecule has 0 saturated heterocycles. The molecule has 0 aliphatic carbocycles. The van der Waals surface area contributed by atoms with Crippen molar-refractivity contribution in [3.05, 3.63) is 64.3 Å². The molecule has 0 spiro atoms. The predicted octanol–water partition coefficient (Wildman–Crippen LogP) is 4.74. The molecule has 1 heterocycles. The SMILES string of the molecule is Cc1ccccc1-n1cc(N)c(-c2ccc(Cl)c(Cl)c2)n1. The number of anilines is 1. The lowest BCUT2D eigenvalue weighted by atomic mass is 10.1. The number of benzene rings is 2. The number of nitrogens with two attached hydrogens (primary N) is 1. The van der Waals surface area contributed by atoms with E-state index < -0.39 is 0 Å². The summed E-state index contributed by atoms with van der Waals surface area (Å²) < 4.78 is 1.78. The molecular weight excluding hydrogens is 305 g/mol. The molecule has 0 bridgehead atoms. The summed E-state index contributed by atoms with van der Waals surface area (Å²) in [6, 6.07) is 13.4. The number of halogens is 2. The largest absolute Gasteiger partial charge is 0.396 e. The Hall–Kier alpha value is -1.97. The zero-order valence-corrected chi connectivity index (χ0v) is 12.9. The lowest BCUT2D eigenvalue weighted by Crippen LogP contribution is -1.97. The van der Waals surface area contributed by atoms with Crippen LogP contribution in [0.1, 0.15) is 5.56 Å². The van der Waals surface area contributed by atoms with E-state index in [-0.39, 0.29) is 0 Å². The number of nitrogen functional groups attached to an aromatic ring is 1. The molecule has 2 N–H and O–H groups in total. The average molecular weight is 318 g/mol. The lowest BCUT2D eigenvalue weighted by molar-refractivity contribution is 0.876. The van der Waals surface area contributed by atoms with Crippen molar-refractivity contribution in [2.45, 2.75) is 6.92 Å². The highest BCUT2D eigenvalue weighted by Crippen LogP contribution is 2.31. The van der Waals surface area contributed by atoms with Gasteiger partial charge in [-0.1, -0.05) is 47.5 Å². The first-order valence-electron chi connectivity index (χ1n) is 6.43. The van der Waals surface area contributed by atoms with E-state index in [1.807, 2.05) is 37.3 Å². The van der Waals surface area contributed by atoms with Crippen LogP contribution in [-0.4, -0.2) is 9.78 Å². The van der Waals surface area contributed by atoms with Gasteiger partial charge in [-0.2, -0.15) is 5.10 Å². The number of hydrogen-bond donors (Lipinski definition) is 1. The first-order valence-corrected chi connectivity index (χ1v) is 7.18. The van der Waals surface area contributed by atoms with Crippen molar-refractivity contribution >= 4 is 28.9 Å². The van der Waals surface area contributed by atoms with Gasteiger partial charge >= 0.3 is 0 Å². The molecule has 0 aliphatic heterocycles. The van der Waals surface area contributed by atoms with E-state index in [4.69, 9.17) is 28.9 Å². The van der Waals surface area contributed by atoms with Crippen LogP contribution in [0.4, 0.5) is 5.69 Å². The minimum Gasteiger partial charge on any atom is -0.396 e. The second kappa shape index (κ2) is 5.43. The summed E-state index contributed by atoms with van der Waals surface area (Å²) in [7, 11) is 0. The van der Waals surface area contributed by atoms with E-state index in [9.17, 15) is 0 Å². The molecule has 0 saturated carbocycles. The summed E-state index contributed by atoms with van der Waals surface area (Å²) in [5.74, 6) is 0. The Morgan fingerprint density at radius 2 is 1.81 bits per heavy atom. The molecule has 0 fully saturated rings. The maximum atomic E-state index is 6.09. The summed E-state index contributed by atoms with van der Waals surface area (Å²) in [4.78, 5) is 0. The van der Waals surface area contributed by atoms with E-state index in [1.54, 1.807) is 23.0 Å². The van der Waals surface area contributed by atoms with Crippen LogP contribution < -0.4 is 5.73 Å². The Labute approximate surface area is 132 Å². The number of aromatic nitrogens is 2. The van der Waals surface area contributed by atoms with Crippen molar-refractivity contribution in [2.24, 2.45) is 0 Å². The summed E-state index contributed by atoms with van der Waals surface area (Å²) in [6.07, 6.45) is 1.81. The van der Waals surface area contributed by atoms with Crippen molar-refractivity contribution in [3.63, 3.8) is 0 Å². The summed E-state index contributed by atoms with van der Waals surface area (Å²) in [5.41, 5.74) is 10.3. The highest BCUT2D eigenvalue weighted by molar-refractivity contribution is 6.42. The standard InChI is InChI=1S/C16H13Cl2N3/c1-10-4-2-3-5-15(10)21-9-14(19)16(20-21)11-6-7-12(17)13(18)8-11/h2-9H,19H2,1H3. The van der Waals surface area contributed by atoms with Gasteiger partial charge in [0, 0.05) is 5.56 Å². The number of para-hydroxylation sites is 1. The van der Waals surface area contributed by atoms with Crippen LogP contribution >= 0.6 is 23.2 Å². The van der Waals surface area contributed by atoms with Gasteiger partial charge in [0.05, 0.1) is 27.6 Å². The first-order chi connectivity index (χ1) is 10.1. The van der Waals surface area contributed by atoms with Gasteiger partial charge in [0.15, 0.2) is 0 Å². The summed E-state index contributed by atoms with van der Waals surface area (Å²) in [6.45, 7) is 2.03. The normalized spacial score (nSPS) is 10.8. The van der Waals surface area contributed by atoms with Gasteiger partial charge in [-0.05, 0) is 30.7 Å².